The lowest BCUT2D eigenvalue weighted by atomic mass is 10.0. The molecular weight excluding hydrogens is 510 g/mol. The molecule has 34 heavy (non-hydrogen) atoms. The molecule has 1 N–H and O–H groups in total. The quantitative estimate of drug-likeness (QED) is 0.317. The Balaban J connectivity index is 1.73. The summed E-state index contributed by atoms with van der Waals surface area (Å²) in [7, 11) is 0. The van der Waals surface area contributed by atoms with E-state index in [2.05, 4.69) is 21.2 Å². The number of benzene rings is 3. The van der Waals surface area contributed by atoms with Gasteiger partial charge in [0, 0.05) is 15.8 Å². The van der Waals surface area contributed by atoms with Crippen LogP contribution in [-0.4, -0.2) is 17.1 Å². The molecule has 3 aromatic rings. The van der Waals surface area contributed by atoms with Crippen LogP contribution in [0.15, 0.2) is 87.9 Å². The number of rotatable bonds is 5. The molecule has 0 aliphatic carbocycles. The Hall–Kier alpha value is -3.34. The molecule has 7 heteroatoms. The van der Waals surface area contributed by atoms with Gasteiger partial charge >= 0.3 is 0 Å². The summed E-state index contributed by atoms with van der Waals surface area (Å²) in [6.07, 6.45) is 0.505. The van der Waals surface area contributed by atoms with Gasteiger partial charge in [0.25, 0.3) is 5.91 Å². The van der Waals surface area contributed by atoms with E-state index < -0.39 is 11.2 Å². The topological polar surface area (TPSA) is 73.2 Å². The largest absolute Gasteiger partial charge is 0.321 e. The minimum absolute atomic E-state index is 0.0888. The van der Waals surface area contributed by atoms with Crippen LogP contribution in [0.3, 0.4) is 0 Å². The van der Waals surface area contributed by atoms with E-state index in [4.69, 9.17) is 0 Å². The van der Waals surface area contributed by atoms with Gasteiger partial charge in [-0.3, -0.25) is 14.5 Å². The Kier molecular flexibility index (Phi) is 7.20. The average molecular weight is 532 g/mol. The van der Waals surface area contributed by atoms with Crippen LogP contribution in [0.25, 0.3) is 0 Å². The van der Waals surface area contributed by atoms with Crippen LogP contribution < -0.4 is 10.2 Å². The van der Waals surface area contributed by atoms with Crippen molar-refractivity contribution in [1.29, 1.82) is 5.26 Å². The number of hydrogen-bond donors (Lipinski definition) is 1. The highest BCUT2D eigenvalue weighted by atomic mass is 79.9. The van der Waals surface area contributed by atoms with Crippen molar-refractivity contribution in [2.75, 3.05) is 10.2 Å². The highest BCUT2D eigenvalue weighted by molar-refractivity contribution is 9.10. The fraction of sp³-hybridized carbons (Fsp3) is 0.148. The lowest BCUT2D eigenvalue weighted by molar-refractivity contribution is -0.117. The van der Waals surface area contributed by atoms with Crippen LogP contribution >= 0.6 is 27.7 Å². The number of amides is 2. The van der Waals surface area contributed by atoms with Gasteiger partial charge in [-0.2, -0.15) is 5.26 Å². The summed E-state index contributed by atoms with van der Waals surface area (Å²) in [4.78, 5) is 28.2. The zero-order valence-electron chi connectivity index (χ0n) is 18.7. The number of thioether (sulfide) groups is 1. The first-order valence-corrected chi connectivity index (χ1v) is 12.4. The number of nitrogens with one attached hydrogen (secondary N) is 1. The normalized spacial score (nSPS) is 16.8. The molecule has 1 unspecified atom stereocenters. The third kappa shape index (κ3) is 5.09. The summed E-state index contributed by atoms with van der Waals surface area (Å²) in [5.74, 6) is -0.693. The Labute approximate surface area is 211 Å². The van der Waals surface area contributed by atoms with Crippen LogP contribution in [0.2, 0.25) is 0 Å². The smallest absolute Gasteiger partial charge is 0.269 e. The molecule has 3 aromatic carbocycles. The van der Waals surface area contributed by atoms with E-state index in [1.54, 1.807) is 24.3 Å². The molecule has 1 atom stereocenters. The van der Waals surface area contributed by atoms with E-state index in [-0.39, 0.29) is 11.5 Å². The predicted octanol–water partition coefficient (Wildman–Crippen LogP) is 6.13. The van der Waals surface area contributed by atoms with Crippen LogP contribution in [0.1, 0.15) is 16.7 Å². The number of nitrogens with zero attached hydrogens (tertiary/aromatic N) is 2. The first kappa shape index (κ1) is 23.8. The van der Waals surface area contributed by atoms with Gasteiger partial charge in [0.2, 0.25) is 5.91 Å². The maximum absolute atomic E-state index is 13.6. The number of halogens is 1. The summed E-state index contributed by atoms with van der Waals surface area (Å²) in [5.41, 5.74) is 4.33. The third-order valence-corrected chi connectivity index (χ3v) is 7.36. The van der Waals surface area contributed by atoms with Crippen molar-refractivity contribution in [3.8, 4) is 6.07 Å². The van der Waals surface area contributed by atoms with E-state index in [1.165, 1.54) is 16.7 Å². The molecule has 2 amide bonds. The number of carbonyl (C=O) groups is 2. The van der Waals surface area contributed by atoms with Crippen molar-refractivity contribution in [1.82, 2.24) is 0 Å². The second kappa shape index (κ2) is 10.3. The lowest BCUT2D eigenvalue weighted by Crippen LogP contribution is -2.31. The number of anilines is 2. The van der Waals surface area contributed by atoms with E-state index in [0.29, 0.717) is 22.8 Å². The molecule has 0 radical (unpaired) electrons. The summed E-state index contributed by atoms with van der Waals surface area (Å²) in [5, 5.41) is 12.7. The molecule has 0 spiro atoms. The second-order valence-electron chi connectivity index (χ2n) is 8.00. The van der Waals surface area contributed by atoms with Crippen molar-refractivity contribution >= 4 is 50.9 Å². The Morgan fingerprint density at radius 3 is 2.38 bits per heavy atom. The molecule has 1 saturated heterocycles. The minimum atomic E-state index is -0.541. The molecular formula is C27H22BrN3O2S. The van der Waals surface area contributed by atoms with Gasteiger partial charge in [0.15, 0.2) is 0 Å². The lowest BCUT2D eigenvalue weighted by Gasteiger charge is -2.19. The van der Waals surface area contributed by atoms with Crippen molar-refractivity contribution in [2.24, 2.45) is 0 Å². The molecule has 0 aromatic heterocycles. The Morgan fingerprint density at radius 1 is 1.06 bits per heavy atom. The van der Waals surface area contributed by atoms with Crippen molar-refractivity contribution in [3.05, 3.63) is 105 Å². The minimum Gasteiger partial charge on any atom is -0.321 e. The zero-order valence-corrected chi connectivity index (χ0v) is 21.1. The molecule has 0 saturated carbocycles. The molecule has 1 heterocycles. The fourth-order valence-electron chi connectivity index (χ4n) is 3.68. The first-order valence-electron chi connectivity index (χ1n) is 10.7. The second-order valence-corrected chi connectivity index (χ2v) is 10.1. The molecule has 170 valence electrons. The Morgan fingerprint density at radius 2 is 1.74 bits per heavy atom. The maximum Gasteiger partial charge on any atom is 0.269 e. The number of carbonyl (C=O) groups excluding carboxylic acids is 2. The summed E-state index contributed by atoms with van der Waals surface area (Å²) in [6, 6.07) is 24.6. The van der Waals surface area contributed by atoms with Crippen LogP contribution in [0.4, 0.5) is 11.4 Å². The highest BCUT2D eigenvalue weighted by Gasteiger charge is 2.41. The van der Waals surface area contributed by atoms with Crippen LogP contribution in [-0.2, 0) is 16.0 Å². The number of aryl methyl sites for hydroxylation is 2. The van der Waals surface area contributed by atoms with Gasteiger partial charge in [-0.05, 0) is 67.8 Å². The van der Waals surface area contributed by atoms with Gasteiger partial charge in [-0.15, -0.1) is 0 Å². The molecule has 4 rings (SSSR count). The highest BCUT2D eigenvalue weighted by Crippen LogP contribution is 2.42. The van der Waals surface area contributed by atoms with Crippen molar-refractivity contribution in [3.63, 3.8) is 0 Å². The average Bonchev–Trinajstić information content (AvgIpc) is 3.13. The fourth-order valence-corrected chi connectivity index (χ4v) is 5.24. The number of hydrogen-bond acceptors (Lipinski definition) is 4. The van der Waals surface area contributed by atoms with Crippen molar-refractivity contribution < 1.29 is 9.59 Å². The van der Waals surface area contributed by atoms with Crippen LogP contribution in [0.5, 0.6) is 0 Å². The van der Waals surface area contributed by atoms with E-state index >= 15 is 0 Å². The molecule has 1 aliphatic heterocycles. The van der Waals surface area contributed by atoms with Crippen molar-refractivity contribution in [2.45, 2.75) is 25.5 Å². The summed E-state index contributed by atoms with van der Waals surface area (Å²) >= 11 is 4.68. The molecule has 0 bridgehead atoms. The van der Waals surface area contributed by atoms with E-state index in [9.17, 15) is 14.9 Å². The maximum atomic E-state index is 13.6. The monoisotopic (exact) mass is 531 g/mol. The first-order chi connectivity index (χ1) is 16.4. The molecule has 5 nitrogen and oxygen atoms in total. The third-order valence-electron chi connectivity index (χ3n) is 5.57. The summed E-state index contributed by atoms with van der Waals surface area (Å²) in [6.45, 7) is 3.97. The zero-order chi connectivity index (χ0) is 24.2. The standard InChI is InChI=1S/C27H22BrN3O2S/c1-17-7-11-21(12-8-17)30-25(32)23(16-29)27-31(22-13-9-20(28)10-14-22)26(33)24(34-27)15-19-6-4-3-5-18(19)2/h3-14,24H,15H2,1-2H3,(H,30,32). The molecule has 1 fully saturated rings. The predicted molar refractivity (Wildman–Crippen MR) is 140 cm³/mol. The van der Waals surface area contributed by atoms with E-state index in [1.807, 2.05) is 68.4 Å². The SMILES string of the molecule is Cc1ccc(NC(=O)C(C#N)=C2SC(Cc3ccccc3C)C(=O)N2c2ccc(Br)cc2)cc1. The van der Waals surface area contributed by atoms with Crippen LogP contribution in [0, 0.1) is 25.2 Å². The van der Waals surface area contributed by atoms with Gasteiger partial charge in [-0.25, -0.2) is 0 Å². The van der Waals surface area contributed by atoms with Gasteiger partial charge in [0.1, 0.15) is 16.7 Å². The number of nitriles is 1. The van der Waals surface area contributed by atoms with Gasteiger partial charge < -0.3 is 5.32 Å². The Bertz CT molecular complexity index is 1310. The van der Waals surface area contributed by atoms with Gasteiger partial charge in [-0.1, -0.05) is 69.7 Å². The molecule has 1 aliphatic rings. The summed E-state index contributed by atoms with van der Waals surface area (Å²) < 4.78 is 0.871. The van der Waals surface area contributed by atoms with Gasteiger partial charge in [0.05, 0.1) is 5.25 Å². The van der Waals surface area contributed by atoms with E-state index in [0.717, 1.165) is 21.2 Å².